The van der Waals surface area contributed by atoms with E-state index in [1.165, 1.54) is 6.92 Å². The molecular weight excluding hydrogens is 256 g/mol. The first-order valence-electron chi connectivity index (χ1n) is 3.24. The second-order valence-electron chi connectivity index (χ2n) is 2.32. The largest absolute Gasteiger partial charge is 1.00 e. The maximum atomic E-state index is 10.8. The van der Waals surface area contributed by atoms with Gasteiger partial charge in [-0.1, -0.05) is 6.58 Å². The minimum absolute atomic E-state index is 0. The van der Waals surface area contributed by atoms with Crippen LogP contribution < -0.4 is 118 Å². The zero-order valence-electron chi connectivity index (χ0n) is 8.83. The first-order valence-corrected chi connectivity index (χ1v) is 3.24. The van der Waals surface area contributed by atoms with Gasteiger partial charge in [0.15, 0.2) is 0 Å². The van der Waals surface area contributed by atoms with Crippen molar-refractivity contribution in [3.05, 3.63) is 12.2 Å². The zero-order chi connectivity index (χ0) is 10.6. The fourth-order valence-corrected chi connectivity index (χ4v) is 0.468. The van der Waals surface area contributed by atoms with E-state index in [-0.39, 0.29) is 108 Å². The number of carboxylic acids is 2. The van der Waals surface area contributed by atoms with E-state index in [2.05, 4.69) is 6.58 Å². The topological polar surface area (TPSA) is 109 Å². The normalized spacial score (nSPS) is 8.13. The maximum absolute atomic E-state index is 10.8. The van der Waals surface area contributed by atoms with Gasteiger partial charge in [-0.05, 0) is 6.92 Å². The summed E-state index contributed by atoms with van der Waals surface area (Å²) in [5.41, 5.74) is -0.00694. The van der Waals surface area contributed by atoms with Crippen LogP contribution >= 0.6 is 0 Å². The molecule has 0 bridgehead atoms. The Labute approximate surface area is 172 Å². The molecule has 0 atom stereocenters. The smallest absolute Gasteiger partial charge is 0.547 e. The van der Waals surface area contributed by atoms with Gasteiger partial charge < -0.3 is 25.1 Å². The molecule has 0 saturated heterocycles. The number of aliphatic carboxylic acids is 2. The number of rotatable bonds is 4. The molecule has 72 valence electrons. The van der Waals surface area contributed by atoms with Gasteiger partial charge in [0.25, 0.3) is 0 Å². The third-order valence-corrected chi connectivity index (χ3v) is 1.13. The third-order valence-electron chi connectivity index (χ3n) is 1.13. The van der Waals surface area contributed by atoms with E-state index in [1.54, 1.807) is 5.32 Å². The average molecular weight is 263 g/mol. The molecule has 0 aromatic carbocycles. The van der Waals surface area contributed by atoms with E-state index >= 15 is 0 Å². The van der Waals surface area contributed by atoms with Crippen LogP contribution in [0.3, 0.4) is 0 Å². The molecule has 6 nitrogen and oxygen atoms in total. The van der Waals surface area contributed by atoms with Crippen LogP contribution in [-0.4, -0.2) is 23.9 Å². The van der Waals surface area contributed by atoms with Gasteiger partial charge >= 0.3 is 103 Å². The van der Waals surface area contributed by atoms with Crippen molar-refractivity contribution >= 4 is 17.8 Å². The standard InChI is InChI=1S/C7H9NO5.2K/c1-3(2)5(9)8-4(6(10)11)7(12)13;;/h4H,1H2,2H3,(H,8,9)(H,10,11)(H,12,13);;/q;2*+1/p-2. The monoisotopic (exact) mass is 263 g/mol. The fraction of sp³-hybridized carbons (Fsp3) is 0.286. The third kappa shape index (κ3) is 9.15. The van der Waals surface area contributed by atoms with Gasteiger partial charge in [-0.15, -0.1) is 0 Å². The molecule has 0 aromatic heterocycles. The molecule has 0 radical (unpaired) electrons. The Morgan fingerprint density at radius 2 is 1.47 bits per heavy atom. The predicted molar refractivity (Wildman–Crippen MR) is 36.8 cm³/mol. The van der Waals surface area contributed by atoms with Crippen LogP contribution in [0.15, 0.2) is 12.2 Å². The number of carbonyl (C=O) groups is 3. The molecule has 0 aliphatic rings. The zero-order valence-corrected chi connectivity index (χ0v) is 15.1. The predicted octanol–water partition coefficient (Wildman–Crippen LogP) is -9.44. The maximum Gasteiger partial charge on any atom is 1.00 e. The molecule has 0 saturated carbocycles. The summed E-state index contributed by atoms with van der Waals surface area (Å²) in [5, 5.41) is 21.9. The van der Waals surface area contributed by atoms with Crippen LogP contribution in [0.1, 0.15) is 6.92 Å². The second-order valence-corrected chi connectivity index (χ2v) is 2.32. The van der Waals surface area contributed by atoms with Gasteiger partial charge in [-0.3, -0.25) is 4.79 Å². The minimum Gasteiger partial charge on any atom is -0.547 e. The summed E-state index contributed by atoms with van der Waals surface area (Å²) in [7, 11) is 0. The van der Waals surface area contributed by atoms with E-state index in [0.717, 1.165) is 0 Å². The Morgan fingerprint density at radius 1 is 1.13 bits per heavy atom. The van der Waals surface area contributed by atoms with Crippen molar-refractivity contribution in [3.63, 3.8) is 0 Å². The number of carbonyl (C=O) groups excluding carboxylic acids is 3. The molecule has 1 amide bonds. The number of hydrogen-bond acceptors (Lipinski definition) is 5. The van der Waals surface area contributed by atoms with E-state index in [4.69, 9.17) is 0 Å². The number of amides is 1. The summed E-state index contributed by atoms with van der Waals surface area (Å²) in [6.45, 7) is 4.49. The Kier molecular flexibility index (Phi) is 15.3. The summed E-state index contributed by atoms with van der Waals surface area (Å²) in [5.74, 6) is -4.75. The molecule has 0 heterocycles. The Bertz CT molecular complexity index is 265. The Hall–Kier alpha value is 1.42. The van der Waals surface area contributed by atoms with Crippen molar-refractivity contribution in [2.24, 2.45) is 0 Å². The van der Waals surface area contributed by atoms with Gasteiger partial charge in [0.1, 0.15) is 6.04 Å². The molecule has 0 aromatic rings. The van der Waals surface area contributed by atoms with Crippen molar-refractivity contribution in [1.29, 1.82) is 0 Å². The van der Waals surface area contributed by atoms with Gasteiger partial charge in [0.2, 0.25) is 5.91 Å². The SMILES string of the molecule is C=C(C)C(=O)NC(C(=O)[O-])C(=O)[O-].[K+].[K+]. The van der Waals surface area contributed by atoms with Crippen LogP contribution in [0.5, 0.6) is 0 Å². The molecule has 0 spiro atoms. The number of nitrogens with one attached hydrogen (secondary N) is 1. The van der Waals surface area contributed by atoms with Crippen molar-refractivity contribution < 1.29 is 127 Å². The first kappa shape index (κ1) is 21.7. The molecule has 0 rings (SSSR count). The molecule has 1 N–H and O–H groups in total. The van der Waals surface area contributed by atoms with Crippen LogP contribution in [0, 0.1) is 0 Å². The van der Waals surface area contributed by atoms with Gasteiger partial charge in [-0.25, -0.2) is 0 Å². The van der Waals surface area contributed by atoms with E-state index in [1.807, 2.05) is 0 Å². The summed E-state index contributed by atoms with van der Waals surface area (Å²) in [6.07, 6.45) is 0. The number of hydrogen-bond donors (Lipinski definition) is 1. The van der Waals surface area contributed by atoms with E-state index in [0.29, 0.717) is 0 Å². The summed E-state index contributed by atoms with van der Waals surface area (Å²) in [6, 6.07) is -2.15. The van der Waals surface area contributed by atoms with Gasteiger partial charge in [0.05, 0.1) is 11.9 Å². The minimum atomic E-state index is -2.15. The van der Waals surface area contributed by atoms with Gasteiger partial charge in [0, 0.05) is 5.57 Å². The summed E-state index contributed by atoms with van der Waals surface area (Å²) in [4.78, 5) is 31.0. The van der Waals surface area contributed by atoms with E-state index in [9.17, 15) is 24.6 Å². The second kappa shape index (κ2) is 10.6. The molecule has 0 aliphatic heterocycles. The molecular formula is C7H7K2NO5. The van der Waals surface area contributed by atoms with Crippen LogP contribution in [-0.2, 0) is 14.4 Å². The quantitative estimate of drug-likeness (QED) is 0.308. The van der Waals surface area contributed by atoms with Crippen LogP contribution in [0.4, 0.5) is 0 Å². The van der Waals surface area contributed by atoms with Crippen molar-refractivity contribution in [3.8, 4) is 0 Å². The molecule has 0 aliphatic carbocycles. The Balaban J connectivity index is -0.000000720. The van der Waals surface area contributed by atoms with Gasteiger partial charge in [-0.2, -0.15) is 0 Å². The first-order chi connectivity index (χ1) is 5.86. The van der Waals surface area contributed by atoms with Crippen molar-refractivity contribution in [1.82, 2.24) is 5.32 Å². The van der Waals surface area contributed by atoms with Crippen molar-refractivity contribution in [2.75, 3.05) is 0 Å². The molecule has 15 heavy (non-hydrogen) atoms. The van der Waals surface area contributed by atoms with Crippen LogP contribution in [0.25, 0.3) is 0 Å². The summed E-state index contributed by atoms with van der Waals surface area (Å²) < 4.78 is 0. The van der Waals surface area contributed by atoms with Crippen molar-refractivity contribution in [2.45, 2.75) is 13.0 Å². The summed E-state index contributed by atoms with van der Waals surface area (Å²) >= 11 is 0. The molecule has 0 unspecified atom stereocenters. The Morgan fingerprint density at radius 3 is 1.67 bits per heavy atom. The van der Waals surface area contributed by atoms with Crippen LogP contribution in [0.2, 0.25) is 0 Å². The van der Waals surface area contributed by atoms with E-state index < -0.39 is 23.9 Å². The fourth-order valence-electron chi connectivity index (χ4n) is 0.468. The molecule has 8 heteroatoms. The number of carboxylic acid groups (broad SMARTS) is 2. The molecule has 0 fully saturated rings. The average Bonchev–Trinajstić information content (AvgIpc) is 1.97.